The lowest BCUT2D eigenvalue weighted by Gasteiger charge is -2.12. The molecule has 1 aromatic rings. The fraction of sp³-hybridized carbons (Fsp3) is 0.364. The normalized spacial score (nSPS) is 11.9. The molecule has 0 aliphatic carbocycles. The van der Waals surface area contributed by atoms with Crippen LogP contribution in [0.3, 0.4) is 0 Å². The van der Waals surface area contributed by atoms with Gasteiger partial charge in [0.25, 0.3) is 5.91 Å². The van der Waals surface area contributed by atoms with Crippen molar-refractivity contribution < 1.29 is 14.6 Å². The van der Waals surface area contributed by atoms with Crippen molar-refractivity contribution in [1.82, 2.24) is 5.32 Å². The number of para-hydroxylation sites is 1. The van der Waals surface area contributed by atoms with Gasteiger partial charge in [0.15, 0.2) is 6.61 Å². The molecule has 4 nitrogen and oxygen atoms in total. The predicted octanol–water partition coefficient (Wildman–Crippen LogP) is 0.865. The van der Waals surface area contributed by atoms with Crippen LogP contribution in [0.5, 0.6) is 5.75 Å². The second-order valence-electron chi connectivity index (χ2n) is 3.18. The van der Waals surface area contributed by atoms with Crippen LogP contribution in [0, 0.1) is 0 Å². The summed E-state index contributed by atoms with van der Waals surface area (Å²) in [5.41, 5.74) is 0.682. The predicted molar refractivity (Wildman–Crippen MR) is 56.6 cm³/mol. The number of nitrogens with one attached hydrogen (secondary N) is 1. The fourth-order valence-corrected chi connectivity index (χ4v) is 1.17. The van der Waals surface area contributed by atoms with Gasteiger partial charge < -0.3 is 15.2 Å². The Morgan fingerprint density at radius 3 is 2.80 bits per heavy atom. The maximum Gasteiger partial charge on any atom is 0.257 e. The summed E-state index contributed by atoms with van der Waals surface area (Å²) in [6.07, 6.45) is -0.606. The summed E-state index contributed by atoms with van der Waals surface area (Å²) in [7, 11) is 1.55. The van der Waals surface area contributed by atoms with Crippen molar-refractivity contribution in [3.8, 4) is 5.75 Å². The average Bonchev–Trinajstić information content (AvgIpc) is 2.26. The molecule has 0 heterocycles. The summed E-state index contributed by atoms with van der Waals surface area (Å²) in [6.45, 7) is 1.61. The van der Waals surface area contributed by atoms with Crippen molar-refractivity contribution in [1.29, 1.82) is 0 Å². The van der Waals surface area contributed by atoms with Crippen molar-refractivity contribution in [2.24, 2.45) is 0 Å². The summed E-state index contributed by atoms with van der Waals surface area (Å²) in [5, 5.41) is 11.9. The third-order valence-electron chi connectivity index (χ3n) is 2.01. The van der Waals surface area contributed by atoms with E-state index < -0.39 is 6.10 Å². The van der Waals surface area contributed by atoms with Gasteiger partial charge in [-0.25, -0.2) is 0 Å². The lowest BCUT2D eigenvalue weighted by Crippen LogP contribution is -2.25. The second kappa shape index (κ2) is 5.36. The molecule has 0 saturated heterocycles. The zero-order valence-corrected chi connectivity index (χ0v) is 8.86. The molecule has 0 bridgehead atoms. The summed E-state index contributed by atoms with van der Waals surface area (Å²) >= 11 is 0. The first-order valence-electron chi connectivity index (χ1n) is 4.75. The SMILES string of the molecule is CNC(=O)COc1ccccc1C(C)O. The van der Waals surface area contributed by atoms with Crippen LogP contribution in [0.15, 0.2) is 24.3 Å². The van der Waals surface area contributed by atoms with Gasteiger partial charge in [0.05, 0.1) is 6.10 Å². The number of aliphatic hydroxyl groups excluding tert-OH is 1. The molecular weight excluding hydrogens is 194 g/mol. The molecule has 0 saturated carbocycles. The number of amides is 1. The first-order chi connectivity index (χ1) is 7.15. The van der Waals surface area contributed by atoms with Crippen LogP contribution in [-0.2, 0) is 4.79 Å². The topological polar surface area (TPSA) is 58.6 Å². The molecule has 1 unspecified atom stereocenters. The summed E-state index contributed by atoms with van der Waals surface area (Å²) in [5.74, 6) is 0.339. The van der Waals surface area contributed by atoms with E-state index in [2.05, 4.69) is 5.32 Å². The number of hydrogen-bond donors (Lipinski definition) is 2. The van der Waals surface area contributed by atoms with Crippen LogP contribution in [0.25, 0.3) is 0 Å². The van der Waals surface area contributed by atoms with E-state index in [0.29, 0.717) is 11.3 Å². The Bertz CT molecular complexity index is 336. The minimum absolute atomic E-state index is 0.0414. The average molecular weight is 209 g/mol. The van der Waals surface area contributed by atoms with Gasteiger partial charge in [-0.3, -0.25) is 4.79 Å². The van der Waals surface area contributed by atoms with Crippen LogP contribution in [0.2, 0.25) is 0 Å². The van der Waals surface area contributed by atoms with Crippen LogP contribution < -0.4 is 10.1 Å². The molecule has 2 N–H and O–H groups in total. The van der Waals surface area contributed by atoms with Gasteiger partial charge in [-0.1, -0.05) is 18.2 Å². The smallest absolute Gasteiger partial charge is 0.257 e. The van der Waals surface area contributed by atoms with E-state index >= 15 is 0 Å². The number of likely N-dealkylation sites (N-methyl/N-ethyl adjacent to an activating group) is 1. The zero-order valence-electron chi connectivity index (χ0n) is 8.86. The highest BCUT2D eigenvalue weighted by atomic mass is 16.5. The Morgan fingerprint density at radius 1 is 1.53 bits per heavy atom. The van der Waals surface area contributed by atoms with Crippen LogP contribution in [0.1, 0.15) is 18.6 Å². The van der Waals surface area contributed by atoms with Crippen molar-refractivity contribution in [3.05, 3.63) is 29.8 Å². The van der Waals surface area contributed by atoms with E-state index in [-0.39, 0.29) is 12.5 Å². The van der Waals surface area contributed by atoms with E-state index in [9.17, 15) is 9.90 Å². The Kier molecular flexibility index (Phi) is 4.12. The zero-order chi connectivity index (χ0) is 11.3. The molecule has 82 valence electrons. The van der Waals surface area contributed by atoms with Crippen LogP contribution >= 0.6 is 0 Å². The quantitative estimate of drug-likeness (QED) is 0.773. The molecule has 0 aliphatic rings. The molecule has 0 spiro atoms. The number of ether oxygens (including phenoxy) is 1. The minimum Gasteiger partial charge on any atom is -0.483 e. The summed E-state index contributed by atoms with van der Waals surface area (Å²) in [6, 6.07) is 7.11. The van der Waals surface area contributed by atoms with Crippen molar-refractivity contribution >= 4 is 5.91 Å². The highest BCUT2D eigenvalue weighted by molar-refractivity contribution is 5.77. The molecule has 0 aliphatic heterocycles. The molecule has 15 heavy (non-hydrogen) atoms. The number of carbonyl (C=O) groups excluding carboxylic acids is 1. The third-order valence-corrected chi connectivity index (χ3v) is 2.01. The highest BCUT2D eigenvalue weighted by Crippen LogP contribution is 2.24. The first kappa shape index (κ1) is 11.5. The Hall–Kier alpha value is -1.55. The van der Waals surface area contributed by atoms with E-state index in [4.69, 9.17) is 4.74 Å². The first-order valence-corrected chi connectivity index (χ1v) is 4.75. The van der Waals surface area contributed by atoms with Gasteiger partial charge in [-0.15, -0.1) is 0 Å². The molecule has 1 aromatic carbocycles. The van der Waals surface area contributed by atoms with Gasteiger partial charge >= 0.3 is 0 Å². The summed E-state index contributed by atoms with van der Waals surface area (Å²) < 4.78 is 5.28. The molecule has 0 aromatic heterocycles. The number of hydrogen-bond acceptors (Lipinski definition) is 3. The lowest BCUT2D eigenvalue weighted by atomic mass is 10.1. The molecule has 1 rings (SSSR count). The van der Waals surface area contributed by atoms with Gasteiger partial charge in [-0.05, 0) is 13.0 Å². The lowest BCUT2D eigenvalue weighted by molar-refractivity contribution is -0.122. The van der Waals surface area contributed by atoms with E-state index in [0.717, 1.165) is 0 Å². The largest absolute Gasteiger partial charge is 0.483 e. The van der Waals surface area contributed by atoms with Crippen molar-refractivity contribution in [2.75, 3.05) is 13.7 Å². The van der Waals surface area contributed by atoms with Crippen molar-refractivity contribution in [3.63, 3.8) is 0 Å². The molecule has 4 heteroatoms. The second-order valence-corrected chi connectivity index (χ2v) is 3.18. The fourth-order valence-electron chi connectivity index (χ4n) is 1.17. The Morgan fingerprint density at radius 2 is 2.20 bits per heavy atom. The Labute approximate surface area is 88.9 Å². The number of aliphatic hydroxyl groups is 1. The number of carbonyl (C=O) groups is 1. The van der Waals surface area contributed by atoms with E-state index in [1.54, 1.807) is 32.2 Å². The highest BCUT2D eigenvalue weighted by Gasteiger charge is 2.09. The number of benzene rings is 1. The molecule has 0 fully saturated rings. The number of rotatable bonds is 4. The van der Waals surface area contributed by atoms with Crippen LogP contribution in [-0.4, -0.2) is 24.7 Å². The maximum absolute atomic E-state index is 11.0. The Balaban J connectivity index is 2.71. The monoisotopic (exact) mass is 209 g/mol. The molecule has 1 atom stereocenters. The third kappa shape index (κ3) is 3.25. The van der Waals surface area contributed by atoms with Crippen molar-refractivity contribution in [2.45, 2.75) is 13.0 Å². The molecule has 1 amide bonds. The van der Waals surface area contributed by atoms with E-state index in [1.807, 2.05) is 6.07 Å². The van der Waals surface area contributed by atoms with Gasteiger partial charge in [0.1, 0.15) is 5.75 Å². The van der Waals surface area contributed by atoms with Gasteiger partial charge in [0, 0.05) is 12.6 Å². The van der Waals surface area contributed by atoms with Gasteiger partial charge in [0.2, 0.25) is 0 Å². The van der Waals surface area contributed by atoms with Gasteiger partial charge in [-0.2, -0.15) is 0 Å². The molecule has 0 radical (unpaired) electrons. The maximum atomic E-state index is 11.0. The van der Waals surface area contributed by atoms with Crippen LogP contribution in [0.4, 0.5) is 0 Å². The standard InChI is InChI=1S/C11H15NO3/c1-8(13)9-5-3-4-6-10(9)15-7-11(14)12-2/h3-6,8,13H,7H2,1-2H3,(H,12,14). The molecular formula is C11H15NO3. The summed E-state index contributed by atoms with van der Waals surface area (Å²) in [4.78, 5) is 11.0. The van der Waals surface area contributed by atoms with E-state index in [1.165, 1.54) is 0 Å². The minimum atomic E-state index is -0.606.